The Labute approximate surface area is 175 Å². The van der Waals surface area contributed by atoms with E-state index in [1.165, 1.54) is 18.2 Å². The van der Waals surface area contributed by atoms with Crippen LogP contribution in [0.5, 0.6) is 0 Å². The van der Waals surface area contributed by atoms with Crippen molar-refractivity contribution in [3.8, 4) is 0 Å². The van der Waals surface area contributed by atoms with Gasteiger partial charge in [-0.25, -0.2) is 8.42 Å². The number of rotatable bonds is 6. The van der Waals surface area contributed by atoms with E-state index in [-0.39, 0.29) is 21.4 Å². The van der Waals surface area contributed by atoms with Gasteiger partial charge < -0.3 is 5.32 Å². The van der Waals surface area contributed by atoms with E-state index in [1.807, 2.05) is 48.9 Å². The molecule has 0 bridgehead atoms. The summed E-state index contributed by atoms with van der Waals surface area (Å²) in [4.78, 5) is 12.5. The number of halogens is 1. The fourth-order valence-electron chi connectivity index (χ4n) is 3.10. The number of hydrogen-bond acceptors (Lipinski definition) is 4. The third-order valence-electron chi connectivity index (χ3n) is 4.73. The molecule has 0 unspecified atom stereocenters. The van der Waals surface area contributed by atoms with E-state index in [1.54, 1.807) is 0 Å². The normalized spacial score (nSPS) is 11.4. The molecule has 1 N–H and O–H groups in total. The van der Waals surface area contributed by atoms with Gasteiger partial charge in [-0.15, -0.1) is 0 Å². The lowest BCUT2D eigenvalue weighted by Gasteiger charge is -2.09. The highest BCUT2D eigenvalue weighted by Crippen LogP contribution is 2.23. The van der Waals surface area contributed by atoms with Crippen LogP contribution in [0, 0.1) is 13.8 Å². The number of aryl methyl sites for hydroxylation is 1. The summed E-state index contributed by atoms with van der Waals surface area (Å²) in [5, 5.41) is 7.52. The zero-order valence-electron chi connectivity index (χ0n) is 16.4. The number of carbonyl (C=O) groups is 1. The molecule has 0 aliphatic carbocycles. The molecule has 0 aliphatic heterocycles. The second-order valence-electron chi connectivity index (χ2n) is 6.89. The molecule has 3 aromatic rings. The Bertz CT molecular complexity index is 1160. The minimum atomic E-state index is -3.52. The van der Waals surface area contributed by atoms with Crippen molar-refractivity contribution in [1.82, 2.24) is 15.1 Å². The molecular formula is C21H22ClN3O3S. The van der Waals surface area contributed by atoms with E-state index in [0.29, 0.717) is 13.1 Å². The summed E-state index contributed by atoms with van der Waals surface area (Å²) in [5.74, 6) is -0.374. The maximum atomic E-state index is 12.6. The van der Waals surface area contributed by atoms with Crippen LogP contribution in [-0.2, 0) is 22.9 Å². The summed E-state index contributed by atoms with van der Waals surface area (Å²) in [5.41, 5.74) is 4.13. The first-order valence-electron chi connectivity index (χ1n) is 9.01. The van der Waals surface area contributed by atoms with Crippen LogP contribution in [-0.4, -0.2) is 30.4 Å². The zero-order valence-corrected chi connectivity index (χ0v) is 18.0. The molecule has 0 spiro atoms. The fourth-order valence-corrected chi connectivity index (χ4v) is 4.40. The van der Waals surface area contributed by atoms with Crippen LogP contribution in [0.2, 0.25) is 5.02 Å². The molecule has 2 aromatic carbocycles. The summed E-state index contributed by atoms with van der Waals surface area (Å²) in [6.45, 7) is 4.81. The van der Waals surface area contributed by atoms with Crippen LogP contribution in [0.25, 0.3) is 0 Å². The van der Waals surface area contributed by atoms with Gasteiger partial charge in [0.15, 0.2) is 9.84 Å². The molecular weight excluding hydrogens is 410 g/mol. The van der Waals surface area contributed by atoms with Crippen molar-refractivity contribution < 1.29 is 13.2 Å². The van der Waals surface area contributed by atoms with Gasteiger partial charge in [-0.2, -0.15) is 5.10 Å². The Kier molecular flexibility index (Phi) is 6.10. The predicted molar refractivity (Wildman–Crippen MR) is 113 cm³/mol. The largest absolute Gasteiger partial charge is 0.348 e. The highest BCUT2D eigenvalue weighted by Gasteiger charge is 2.17. The molecule has 0 saturated heterocycles. The zero-order chi connectivity index (χ0) is 21.2. The molecule has 8 heteroatoms. The molecule has 0 saturated carbocycles. The van der Waals surface area contributed by atoms with E-state index in [2.05, 4.69) is 10.4 Å². The smallest absolute Gasteiger partial charge is 0.251 e. The Balaban J connectivity index is 1.76. The molecule has 3 rings (SSSR count). The van der Waals surface area contributed by atoms with Gasteiger partial charge in [0, 0.05) is 29.6 Å². The van der Waals surface area contributed by atoms with Gasteiger partial charge in [0.2, 0.25) is 0 Å². The lowest BCUT2D eigenvalue weighted by molar-refractivity contribution is 0.0950. The molecule has 152 valence electrons. The number of amides is 1. The minimum Gasteiger partial charge on any atom is -0.348 e. The maximum Gasteiger partial charge on any atom is 0.251 e. The van der Waals surface area contributed by atoms with Crippen molar-refractivity contribution in [2.75, 3.05) is 6.26 Å². The van der Waals surface area contributed by atoms with Crippen LogP contribution in [0.1, 0.15) is 32.9 Å². The van der Waals surface area contributed by atoms with Crippen LogP contribution >= 0.6 is 11.6 Å². The van der Waals surface area contributed by atoms with Gasteiger partial charge in [0.25, 0.3) is 5.91 Å². The summed E-state index contributed by atoms with van der Waals surface area (Å²) >= 11 is 5.95. The van der Waals surface area contributed by atoms with Gasteiger partial charge in [-0.1, -0.05) is 41.9 Å². The summed E-state index contributed by atoms with van der Waals surface area (Å²) in [6, 6.07) is 14.2. The monoisotopic (exact) mass is 431 g/mol. The fraction of sp³-hybridized carbons (Fsp3) is 0.238. The average Bonchev–Trinajstić information content (AvgIpc) is 2.93. The lowest BCUT2D eigenvalue weighted by Crippen LogP contribution is -2.23. The number of sulfone groups is 1. The van der Waals surface area contributed by atoms with E-state index in [9.17, 15) is 13.2 Å². The summed E-state index contributed by atoms with van der Waals surface area (Å²) in [7, 11) is -3.52. The number of nitrogens with zero attached hydrogens (tertiary/aromatic N) is 2. The van der Waals surface area contributed by atoms with Gasteiger partial charge >= 0.3 is 0 Å². The number of aromatic nitrogens is 2. The van der Waals surface area contributed by atoms with Crippen molar-refractivity contribution in [3.05, 3.63) is 81.6 Å². The Hall–Kier alpha value is -2.64. The first-order chi connectivity index (χ1) is 13.7. The SMILES string of the molecule is Cc1nn(Cc2ccccc2)c(C)c1CNC(=O)c1ccc(Cl)c(S(C)(=O)=O)c1. The van der Waals surface area contributed by atoms with Crippen molar-refractivity contribution in [2.24, 2.45) is 0 Å². The highest BCUT2D eigenvalue weighted by molar-refractivity contribution is 7.90. The number of hydrogen-bond donors (Lipinski definition) is 1. The molecule has 1 heterocycles. The molecule has 6 nitrogen and oxygen atoms in total. The predicted octanol–water partition coefficient (Wildman–Crippen LogP) is 3.54. The van der Waals surface area contributed by atoms with Crippen molar-refractivity contribution in [1.29, 1.82) is 0 Å². The van der Waals surface area contributed by atoms with E-state index in [0.717, 1.165) is 28.8 Å². The van der Waals surface area contributed by atoms with E-state index in [4.69, 9.17) is 11.6 Å². The Morgan fingerprint density at radius 2 is 1.83 bits per heavy atom. The Morgan fingerprint density at radius 3 is 2.48 bits per heavy atom. The van der Waals surface area contributed by atoms with Crippen LogP contribution in [0.3, 0.4) is 0 Å². The first-order valence-corrected chi connectivity index (χ1v) is 11.3. The van der Waals surface area contributed by atoms with Crippen LogP contribution in [0.15, 0.2) is 53.4 Å². The van der Waals surface area contributed by atoms with Gasteiger partial charge in [0.05, 0.1) is 22.2 Å². The third kappa shape index (κ3) is 4.86. The summed E-state index contributed by atoms with van der Waals surface area (Å²) in [6.07, 6.45) is 1.06. The maximum absolute atomic E-state index is 12.6. The molecule has 1 aromatic heterocycles. The van der Waals surface area contributed by atoms with Gasteiger partial charge in [-0.05, 0) is 37.6 Å². The molecule has 0 atom stereocenters. The quantitative estimate of drug-likeness (QED) is 0.647. The van der Waals surface area contributed by atoms with Crippen LogP contribution < -0.4 is 5.32 Å². The van der Waals surface area contributed by atoms with Crippen molar-refractivity contribution >= 4 is 27.3 Å². The van der Waals surface area contributed by atoms with E-state index >= 15 is 0 Å². The van der Waals surface area contributed by atoms with Crippen molar-refractivity contribution in [2.45, 2.75) is 31.8 Å². The van der Waals surface area contributed by atoms with Gasteiger partial charge in [0.1, 0.15) is 0 Å². The van der Waals surface area contributed by atoms with Crippen molar-refractivity contribution in [3.63, 3.8) is 0 Å². The average molecular weight is 432 g/mol. The van der Waals surface area contributed by atoms with Crippen LogP contribution in [0.4, 0.5) is 0 Å². The molecule has 1 amide bonds. The minimum absolute atomic E-state index is 0.0603. The number of benzene rings is 2. The highest BCUT2D eigenvalue weighted by atomic mass is 35.5. The standard InChI is InChI=1S/C21H22ClN3O3S/c1-14-18(15(2)25(24-14)13-16-7-5-4-6-8-16)12-23-21(26)17-9-10-19(22)20(11-17)29(3,27)28/h4-11H,12-13H2,1-3H3,(H,23,26). The molecule has 0 fully saturated rings. The third-order valence-corrected chi connectivity index (χ3v) is 6.30. The molecule has 0 radical (unpaired) electrons. The van der Waals surface area contributed by atoms with Gasteiger partial charge in [-0.3, -0.25) is 9.48 Å². The molecule has 0 aliphatic rings. The second-order valence-corrected chi connectivity index (χ2v) is 9.28. The second kappa shape index (κ2) is 8.39. The topological polar surface area (TPSA) is 81.1 Å². The number of carbonyl (C=O) groups excluding carboxylic acids is 1. The first kappa shape index (κ1) is 21.1. The number of nitrogens with one attached hydrogen (secondary N) is 1. The lowest BCUT2D eigenvalue weighted by atomic mass is 10.1. The van der Waals surface area contributed by atoms with E-state index < -0.39 is 9.84 Å². The Morgan fingerprint density at radius 1 is 1.14 bits per heavy atom. The molecule has 29 heavy (non-hydrogen) atoms. The summed E-state index contributed by atoms with van der Waals surface area (Å²) < 4.78 is 25.6.